The maximum Gasteiger partial charge on any atom is 0.352 e. The summed E-state index contributed by atoms with van der Waals surface area (Å²) in [6.07, 6.45) is 1.16. The maximum absolute atomic E-state index is 13.1. The highest BCUT2D eigenvalue weighted by molar-refractivity contribution is 8.01. The second-order valence-corrected chi connectivity index (χ2v) is 10.7. The number of rotatable bonds is 9. The van der Waals surface area contributed by atoms with Gasteiger partial charge in [-0.2, -0.15) is 0 Å². The van der Waals surface area contributed by atoms with Gasteiger partial charge in [-0.15, -0.1) is 23.1 Å². The molecule has 2 aromatic rings. The van der Waals surface area contributed by atoms with Gasteiger partial charge in [0.25, 0.3) is 16.8 Å². The Hall–Kier alpha value is -3.76. The van der Waals surface area contributed by atoms with Gasteiger partial charge in [0, 0.05) is 28.5 Å². The number of aromatic nitrogens is 2. The van der Waals surface area contributed by atoms with Crippen LogP contribution in [0.4, 0.5) is 4.79 Å². The van der Waals surface area contributed by atoms with Gasteiger partial charge < -0.3 is 31.4 Å². The Balaban J connectivity index is 1.48. The van der Waals surface area contributed by atoms with E-state index in [0.29, 0.717) is 10.5 Å². The number of hydrogen-bond acceptors (Lipinski definition) is 10. The molecule has 1 fully saturated rings. The molecule has 13 nitrogen and oxygen atoms in total. The number of amides is 4. The van der Waals surface area contributed by atoms with E-state index < -0.39 is 47.2 Å². The zero-order valence-corrected chi connectivity index (χ0v) is 21.3. The van der Waals surface area contributed by atoms with Crippen LogP contribution >= 0.6 is 34.9 Å². The molecule has 2 aromatic heterocycles. The molecule has 0 saturated carbocycles. The monoisotopic (exact) mass is 564 g/mol. The first kappa shape index (κ1) is 26.3. The molecule has 194 valence electrons. The quantitative estimate of drug-likeness (QED) is 0.124. The van der Waals surface area contributed by atoms with E-state index in [9.17, 15) is 34.6 Å². The van der Waals surface area contributed by atoms with Crippen LogP contribution in [0.1, 0.15) is 10.9 Å². The lowest BCUT2D eigenvalue weighted by atomic mass is 10.0. The van der Waals surface area contributed by atoms with Crippen molar-refractivity contribution in [2.45, 2.75) is 22.5 Å². The second-order valence-electron chi connectivity index (χ2n) is 7.62. The standard InChI is InChI=1S/C21H20N6O7S3/c1-2-22-21(33)24-14(11-4-3-7-35-11)17(29)23-15-18(30)26-16(20(31)32)10(9-37-19(15)26)8-36-13-6-5-12(28)25-27(13)34/h2-7,14-15,19H,1,8-9H2,(H,23,29)(H,25,28)(H,31,32)(H2,22,24,33)/t14?,15-,19?/m1/s1. The number of carboxylic acids is 1. The summed E-state index contributed by atoms with van der Waals surface area (Å²) in [6.45, 7) is 3.40. The van der Waals surface area contributed by atoms with Crippen LogP contribution in [0.5, 0.6) is 5.88 Å². The summed E-state index contributed by atoms with van der Waals surface area (Å²) in [5, 5.41) is 43.0. The van der Waals surface area contributed by atoms with Crippen LogP contribution in [0, 0.1) is 5.21 Å². The minimum Gasteiger partial charge on any atom is -0.593 e. The Kier molecular flexibility index (Phi) is 7.89. The first-order valence-electron chi connectivity index (χ1n) is 10.6. The molecule has 0 radical (unpaired) electrons. The number of fused-ring (bicyclic) bond motifs is 1. The van der Waals surface area contributed by atoms with E-state index in [4.69, 9.17) is 0 Å². The van der Waals surface area contributed by atoms with Gasteiger partial charge in [0.1, 0.15) is 23.2 Å². The number of urea groups is 1. The summed E-state index contributed by atoms with van der Waals surface area (Å²) < 4.78 is 0. The number of carboxylic acid groups (broad SMARTS) is 1. The summed E-state index contributed by atoms with van der Waals surface area (Å²) in [7, 11) is 0. The number of β-lactam (4-membered cyclic amide) rings is 1. The molecule has 0 aromatic carbocycles. The Labute approximate surface area is 222 Å². The topological polar surface area (TPSA) is 188 Å². The van der Waals surface area contributed by atoms with E-state index in [-0.39, 0.29) is 27.1 Å². The Morgan fingerprint density at radius 2 is 2.16 bits per heavy atom. The largest absolute Gasteiger partial charge is 0.593 e. The van der Waals surface area contributed by atoms with Crippen LogP contribution in [-0.2, 0) is 14.4 Å². The van der Waals surface area contributed by atoms with Crippen molar-refractivity contribution in [3.63, 3.8) is 0 Å². The smallest absolute Gasteiger partial charge is 0.352 e. The van der Waals surface area contributed by atoms with Crippen molar-refractivity contribution in [2.75, 3.05) is 11.5 Å². The Morgan fingerprint density at radius 3 is 2.81 bits per heavy atom. The molecule has 5 N–H and O–H groups in total. The molecular weight excluding hydrogens is 544 g/mol. The third-order valence-electron chi connectivity index (χ3n) is 5.30. The molecule has 2 aliphatic rings. The van der Waals surface area contributed by atoms with Gasteiger partial charge in [0.2, 0.25) is 5.91 Å². The fourth-order valence-electron chi connectivity index (χ4n) is 3.67. The van der Waals surface area contributed by atoms with Crippen molar-refractivity contribution >= 4 is 58.7 Å². The predicted molar refractivity (Wildman–Crippen MR) is 134 cm³/mol. The number of nitrogens with one attached hydrogen (secondary N) is 3. The lowest BCUT2D eigenvalue weighted by Crippen LogP contribution is -2.71. The molecule has 0 bridgehead atoms. The molecule has 0 spiro atoms. The van der Waals surface area contributed by atoms with Gasteiger partial charge >= 0.3 is 12.0 Å². The highest BCUT2D eigenvalue weighted by Gasteiger charge is 2.54. The number of carbonyl (C=O) groups is 4. The fourth-order valence-corrected chi connectivity index (χ4v) is 6.79. The maximum atomic E-state index is 13.1. The number of nitrogens with zero attached hydrogens (tertiary/aromatic N) is 3. The fraction of sp³-hybridized carbons (Fsp3) is 0.238. The third kappa shape index (κ3) is 5.50. The van der Waals surface area contributed by atoms with Gasteiger partial charge in [-0.25, -0.2) is 9.59 Å². The van der Waals surface area contributed by atoms with Crippen LogP contribution in [0.15, 0.2) is 58.7 Å². The van der Waals surface area contributed by atoms with Crippen LogP contribution in [0.2, 0.25) is 0 Å². The van der Waals surface area contributed by atoms with Crippen LogP contribution < -0.4 is 20.8 Å². The number of thiophene rings is 1. The lowest BCUT2D eigenvalue weighted by molar-refractivity contribution is -0.707. The van der Waals surface area contributed by atoms with E-state index in [2.05, 4.69) is 27.6 Å². The molecule has 4 amide bonds. The van der Waals surface area contributed by atoms with E-state index in [0.717, 1.165) is 22.9 Å². The van der Waals surface area contributed by atoms with Crippen molar-refractivity contribution in [3.05, 3.63) is 63.8 Å². The van der Waals surface area contributed by atoms with Gasteiger partial charge in [-0.05, 0) is 39.8 Å². The van der Waals surface area contributed by atoms with Gasteiger partial charge in [-0.1, -0.05) is 12.6 Å². The number of aromatic hydroxyl groups is 1. The first-order chi connectivity index (χ1) is 17.7. The average molecular weight is 565 g/mol. The minimum absolute atomic E-state index is 0.0969. The summed E-state index contributed by atoms with van der Waals surface area (Å²) in [5.74, 6) is -2.64. The summed E-state index contributed by atoms with van der Waals surface area (Å²) >= 11 is 3.54. The molecule has 16 heteroatoms. The molecule has 1 saturated heterocycles. The normalized spacial score (nSPS) is 19.4. The molecule has 4 heterocycles. The van der Waals surface area contributed by atoms with Crippen LogP contribution in [0.3, 0.4) is 0 Å². The van der Waals surface area contributed by atoms with E-state index in [1.807, 2.05) is 0 Å². The molecule has 2 unspecified atom stereocenters. The molecular formula is C21H20N6O7S3. The van der Waals surface area contributed by atoms with Crippen molar-refractivity contribution < 1.29 is 34.2 Å². The Bertz CT molecular complexity index is 1290. The molecule has 3 atom stereocenters. The van der Waals surface area contributed by atoms with Gasteiger partial charge in [0.05, 0.1) is 5.10 Å². The zero-order chi connectivity index (χ0) is 26.7. The van der Waals surface area contributed by atoms with Crippen molar-refractivity contribution in [1.82, 2.24) is 25.9 Å². The number of thioether (sulfide) groups is 2. The predicted octanol–water partition coefficient (Wildman–Crippen LogP) is 0.497. The summed E-state index contributed by atoms with van der Waals surface area (Å²) in [4.78, 5) is 52.0. The molecule has 4 rings (SSSR count). The van der Waals surface area contributed by atoms with E-state index in [1.165, 1.54) is 35.2 Å². The first-order valence-corrected chi connectivity index (χ1v) is 13.5. The number of hydrogen-bond donors (Lipinski definition) is 5. The third-order valence-corrected chi connectivity index (χ3v) is 8.65. The highest BCUT2D eigenvalue weighted by Crippen LogP contribution is 2.41. The molecule has 2 aliphatic heterocycles. The zero-order valence-electron chi connectivity index (χ0n) is 18.8. The number of carbonyl (C=O) groups excluding carboxylic acids is 3. The van der Waals surface area contributed by atoms with Gasteiger partial charge in [0.15, 0.2) is 0 Å². The number of aliphatic carboxylic acids is 1. The van der Waals surface area contributed by atoms with E-state index in [1.54, 1.807) is 17.5 Å². The minimum atomic E-state index is -1.31. The Morgan fingerprint density at radius 1 is 1.38 bits per heavy atom. The summed E-state index contributed by atoms with van der Waals surface area (Å²) in [6, 6.07) is 3.25. The van der Waals surface area contributed by atoms with Crippen molar-refractivity contribution in [2.24, 2.45) is 0 Å². The SMILES string of the molecule is C=CNC(=O)NC(C(=O)N[C@@H]1C(=O)N2C(C(=O)O)=C(CSc3ccc(O)n[n+]3[O-])CSC12)c1cccs1. The average Bonchev–Trinajstić information content (AvgIpc) is 3.39. The second kappa shape index (κ2) is 11.1. The lowest BCUT2D eigenvalue weighted by Gasteiger charge is -2.49. The highest BCUT2D eigenvalue weighted by atomic mass is 32.2. The van der Waals surface area contributed by atoms with Gasteiger partial charge in [-0.3, -0.25) is 14.5 Å². The molecule has 0 aliphatic carbocycles. The van der Waals surface area contributed by atoms with Crippen molar-refractivity contribution in [3.8, 4) is 5.88 Å². The van der Waals surface area contributed by atoms with E-state index >= 15 is 0 Å². The van der Waals surface area contributed by atoms with Crippen LogP contribution in [0.25, 0.3) is 0 Å². The molecule has 37 heavy (non-hydrogen) atoms. The summed E-state index contributed by atoms with van der Waals surface area (Å²) in [5.41, 5.74) is 0.221. The van der Waals surface area contributed by atoms with Crippen LogP contribution in [-0.4, -0.2) is 66.9 Å². The van der Waals surface area contributed by atoms with Crippen molar-refractivity contribution in [1.29, 1.82) is 0 Å².